The van der Waals surface area contributed by atoms with Gasteiger partial charge < -0.3 is 9.64 Å². The van der Waals surface area contributed by atoms with Gasteiger partial charge in [-0.15, -0.1) is 0 Å². The molecule has 0 radical (unpaired) electrons. The average Bonchev–Trinajstić information content (AvgIpc) is 2.57. The molecule has 134 valence electrons. The fraction of sp³-hybridized carbons (Fsp3) is 0.562. The molecule has 1 aromatic carbocycles. The molecule has 1 saturated heterocycles. The lowest BCUT2D eigenvalue weighted by Gasteiger charge is -2.35. The molecule has 7 nitrogen and oxygen atoms in total. The Balaban J connectivity index is 1.89. The highest BCUT2D eigenvalue weighted by Gasteiger charge is 2.30. The molecule has 0 bridgehead atoms. The van der Waals surface area contributed by atoms with Crippen molar-refractivity contribution in [1.29, 1.82) is 0 Å². The second kappa shape index (κ2) is 7.96. The van der Waals surface area contributed by atoms with Crippen molar-refractivity contribution in [2.45, 2.75) is 13.3 Å². The first kappa shape index (κ1) is 18.7. The number of piperazine rings is 1. The first-order valence-electron chi connectivity index (χ1n) is 8.01. The quantitative estimate of drug-likeness (QED) is 0.748. The number of amides is 1. The predicted octanol–water partition coefficient (Wildman–Crippen LogP) is 0.578. The van der Waals surface area contributed by atoms with Crippen LogP contribution in [0.25, 0.3) is 0 Å². The van der Waals surface area contributed by atoms with Gasteiger partial charge in [0.2, 0.25) is 5.91 Å². The zero-order chi connectivity index (χ0) is 17.7. The summed E-state index contributed by atoms with van der Waals surface area (Å²) < 4.78 is 32.1. The third-order valence-corrected chi connectivity index (χ3v) is 5.91. The maximum absolute atomic E-state index is 12.4. The SMILES string of the molecule is CCOc1ccc(CC(=O)N2CCN(S(=O)(=O)N(C)C)CC2)cc1. The fourth-order valence-electron chi connectivity index (χ4n) is 2.56. The minimum atomic E-state index is -3.40. The summed E-state index contributed by atoms with van der Waals surface area (Å²) in [5.74, 6) is 0.803. The van der Waals surface area contributed by atoms with Crippen LogP contribution in [0.5, 0.6) is 5.75 Å². The summed E-state index contributed by atoms with van der Waals surface area (Å²) in [5.41, 5.74) is 0.923. The van der Waals surface area contributed by atoms with Crippen LogP contribution in [-0.2, 0) is 21.4 Å². The van der Waals surface area contributed by atoms with Crippen LogP contribution in [-0.4, -0.2) is 74.7 Å². The number of carbonyl (C=O) groups excluding carboxylic acids is 1. The molecule has 1 aliphatic rings. The van der Waals surface area contributed by atoms with Gasteiger partial charge in [0, 0.05) is 40.3 Å². The number of benzene rings is 1. The van der Waals surface area contributed by atoms with Gasteiger partial charge in [-0.1, -0.05) is 12.1 Å². The van der Waals surface area contributed by atoms with Gasteiger partial charge in [-0.25, -0.2) is 0 Å². The summed E-state index contributed by atoms with van der Waals surface area (Å²) in [6.07, 6.45) is 0.312. The molecule has 1 heterocycles. The summed E-state index contributed by atoms with van der Waals surface area (Å²) in [7, 11) is -0.378. The number of carbonyl (C=O) groups is 1. The van der Waals surface area contributed by atoms with E-state index in [2.05, 4.69) is 0 Å². The second-order valence-corrected chi connectivity index (χ2v) is 7.97. The van der Waals surface area contributed by atoms with Crippen LogP contribution < -0.4 is 4.74 Å². The topological polar surface area (TPSA) is 70.2 Å². The van der Waals surface area contributed by atoms with E-state index in [1.807, 2.05) is 31.2 Å². The van der Waals surface area contributed by atoms with E-state index in [1.165, 1.54) is 22.7 Å². The van der Waals surface area contributed by atoms with Crippen molar-refractivity contribution >= 4 is 16.1 Å². The molecule has 0 spiro atoms. The molecule has 0 aliphatic carbocycles. The first-order chi connectivity index (χ1) is 11.3. The van der Waals surface area contributed by atoms with Gasteiger partial charge in [-0.2, -0.15) is 17.0 Å². The monoisotopic (exact) mass is 355 g/mol. The number of rotatable bonds is 6. The van der Waals surface area contributed by atoms with Crippen LogP contribution in [0.15, 0.2) is 24.3 Å². The minimum Gasteiger partial charge on any atom is -0.494 e. The fourth-order valence-corrected chi connectivity index (χ4v) is 3.64. The molecular weight excluding hydrogens is 330 g/mol. The van der Waals surface area contributed by atoms with Gasteiger partial charge in [-0.05, 0) is 24.6 Å². The van der Waals surface area contributed by atoms with Gasteiger partial charge in [0.1, 0.15) is 5.75 Å². The Morgan fingerprint density at radius 1 is 1.12 bits per heavy atom. The summed E-state index contributed by atoms with van der Waals surface area (Å²) >= 11 is 0. The zero-order valence-electron chi connectivity index (χ0n) is 14.4. The molecule has 0 N–H and O–H groups in total. The number of hydrogen-bond acceptors (Lipinski definition) is 4. The van der Waals surface area contributed by atoms with E-state index in [1.54, 1.807) is 4.90 Å². The van der Waals surface area contributed by atoms with Gasteiger partial charge >= 0.3 is 0 Å². The smallest absolute Gasteiger partial charge is 0.281 e. The largest absolute Gasteiger partial charge is 0.494 e. The Kier molecular flexibility index (Phi) is 6.20. The number of ether oxygens (including phenoxy) is 1. The summed E-state index contributed by atoms with van der Waals surface area (Å²) in [6, 6.07) is 7.48. The normalized spacial score (nSPS) is 16.4. The molecule has 0 atom stereocenters. The first-order valence-corrected chi connectivity index (χ1v) is 9.41. The maximum atomic E-state index is 12.4. The Morgan fingerprint density at radius 2 is 1.71 bits per heavy atom. The van der Waals surface area contributed by atoms with Crippen LogP contribution in [0.2, 0.25) is 0 Å². The molecular formula is C16H25N3O4S. The minimum absolute atomic E-state index is 0.0149. The average molecular weight is 355 g/mol. The van der Waals surface area contributed by atoms with E-state index in [0.29, 0.717) is 39.2 Å². The van der Waals surface area contributed by atoms with Crippen LogP contribution in [0, 0.1) is 0 Å². The molecule has 0 aromatic heterocycles. The third-order valence-electron chi connectivity index (χ3n) is 3.97. The Bertz CT molecular complexity index is 650. The van der Waals surface area contributed by atoms with Crippen molar-refractivity contribution in [2.24, 2.45) is 0 Å². The maximum Gasteiger partial charge on any atom is 0.281 e. The summed E-state index contributed by atoms with van der Waals surface area (Å²) in [6.45, 7) is 4.03. The molecule has 1 fully saturated rings. The molecule has 24 heavy (non-hydrogen) atoms. The predicted molar refractivity (Wildman–Crippen MR) is 92.1 cm³/mol. The van der Waals surface area contributed by atoms with Crippen LogP contribution in [0.4, 0.5) is 0 Å². The third kappa shape index (κ3) is 4.46. The lowest BCUT2D eigenvalue weighted by atomic mass is 10.1. The molecule has 8 heteroatoms. The number of hydrogen-bond donors (Lipinski definition) is 0. The van der Waals surface area contributed by atoms with E-state index in [0.717, 1.165) is 11.3 Å². The van der Waals surface area contributed by atoms with E-state index in [4.69, 9.17) is 4.74 Å². The Morgan fingerprint density at radius 3 is 2.21 bits per heavy atom. The molecule has 1 aliphatic heterocycles. The van der Waals surface area contributed by atoms with Crippen molar-refractivity contribution in [2.75, 3.05) is 46.9 Å². The van der Waals surface area contributed by atoms with Gasteiger partial charge in [0.15, 0.2) is 0 Å². The van der Waals surface area contributed by atoms with Crippen molar-refractivity contribution in [3.8, 4) is 5.75 Å². The van der Waals surface area contributed by atoms with E-state index in [9.17, 15) is 13.2 Å². The molecule has 1 amide bonds. The Labute approximate surface area is 144 Å². The van der Waals surface area contributed by atoms with Crippen LogP contribution >= 0.6 is 0 Å². The summed E-state index contributed by atoms with van der Waals surface area (Å²) in [4.78, 5) is 14.1. The molecule has 1 aromatic rings. The molecule has 0 saturated carbocycles. The summed E-state index contributed by atoms with van der Waals surface area (Å²) in [5, 5.41) is 0. The highest BCUT2D eigenvalue weighted by molar-refractivity contribution is 7.86. The highest BCUT2D eigenvalue weighted by atomic mass is 32.2. The van der Waals surface area contributed by atoms with Crippen molar-refractivity contribution in [3.05, 3.63) is 29.8 Å². The number of nitrogens with zero attached hydrogens (tertiary/aromatic N) is 3. The molecule has 0 unspecified atom stereocenters. The van der Waals surface area contributed by atoms with E-state index >= 15 is 0 Å². The van der Waals surface area contributed by atoms with Gasteiger partial charge in [0.25, 0.3) is 10.2 Å². The van der Waals surface area contributed by atoms with E-state index in [-0.39, 0.29) is 5.91 Å². The standard InChI is InChI=1S/C16H25N3O4S/c1-4-23-15-7-5-14(6-8-15)13-16(20)18-9-11-19(12-10-18)24(21,22)17(2)3/h5-8H,4,9-13H2,1-3H3. The highest BCUT2D eigenvalue weighted by Crippen LogP contribution is 2.15. The van der Waals surface area contributed by atoms with Crippen molar-refractivity contribution in [3.63, 3.8) is 0 Å². The van der Waals surface area contributed by atoms with E-state index < -0.39 is 10.2 Å². The van der Waals surface area contributed by atoms with Crippen molar-refractivity contribution in [1.82, 2.24) is 13.5 Å². The van der Waals surface area contributed by atoms with Gasteiger partial charge in [-0.3, -0.25) is 4.79 Å². The van der Waals surface area contributed by atoms with Crippen molar-refractivity contribution < 1.29 is 17.9 Å². The second-order valence-electron chi connectivity index (χ2n) is 5.82. The zero-order valence-corrected chi connectivity index (χ0v) is 15.3. The lowest BCUT2D eigenvalue weighted by molar-refractivity contribution is -0.131. The lowest BCUT2D eigenvalue weighted by Crippen LogP contribution is -2.53. The molecule has 2 rings (SSSR count). The van der Waals surface area contributed by atoms with Crippen LogP contribution in [0.1, 0.15) is 12.5 Å². The van der Waals surface area contributed by atoms with Gasteiger partial charge in [0.05, 0.1) is 13.0 Å². The van der Waals surface area contributed by atoms with Crippen LogP contribution in [0.3, 0.4) is 0 Å². The Hall–Kier alpha value is -1.64.